The molecule has 0 aromatic heterocycles. The fraction of sp³-hybridized carbons (Fsp3) is 0.0889. The van der Waals surface area contributed by atoms with Crippen molar-refractivity contribution < 1.29 is 14.4 Å². The standard InChI is InChI=1S/C45H34O3/c46-43(38-23-22-34-9-1-2-12-37(34)30-38)24-19-31-27-32(20-25-44(47)41-17-7-13-35-10-3-5-15-39(35)41)29-33(28-31)21-26-45(48)42-18-8-14-36-11-4-6-16-40(36)42/h1-7,9-10,12-13,15-30,36H,8,11,14H2/b24-19+,25-20+,26-21+. The number of hydrogen-bond donors (Lipinski definition) is 0. The summed E-state index contributed by atoms with van der Waals surface area (Å²) in [7, 11) is 0. The molecule has 7 rings (SSSR count). The summed E-state index contributed by atoms with van der Waals surface area (Å²) in [5, 5.41) is 4.01. The van der Waals surface area contributed by atoms with Gasteiger partial charge in [-0.25, -0.2) is 0 Å². The van der Waals surface area contributed by atoms with Gasteiger partial charge in [0.05, 0.1) is 0 Å². The number of carbonyl (C=O) groups excluding carboxylic acids is 3. The van der Waals surface area contributed by atoms with Crippen molar-refractivity contribution in [3.05, 3.63) is 185 Å². The van der Waals surface area contributed by atoms with Crippen LogP contribution in [0.1, 0.15) is 56.7 Å². The van der Waals surface area contributed by atoms with E-state index in [0.29, 0.717) is 17.0 Å². The third-order valence-electron chi connectivity index (χ3n) is 9.08. The maximum Gasteiger partial charge on any atom is 0.186 e. The number of fused-ring (bicyclic) bond motifs is 3. The highest BCUT2D eigenvalue weighted by Crippen LogP contribution is 2.35. The van der Waals surface area contributed by atoms with Crippen molar-refractivity contribution in [1.29, 1.82) is 0 Å². The number of hydrogen-bond acceptors (Lipinski definition) is 3. The molecule has 0 spiro atoms. The Bertz CT molecular complexity index is 2270. The van der Waals surface area contributed by atoms with Gasteiger partial charge in [0.15, 0.2) is 17.3 Å². The molecular formula is C45H34O3. The number of ketones is 3. The molecule has 0 radical (unpaired) electrons. The molecule has 0 aliphatic heterocycles. The molecule has 0 fully saturated rings. The van der Waals surface area contributed by atoms with E-state index < -0.39 is 0 Å². The van der Waals surface area contributed by atoms with Gasteiger partial charge in [-0.05, 0) is 111 Å². The second-order valence-electron chi connectivity index (χ2n) is 12.3. The molecular weight excluding hydrogens is 588 g/mol. The second-order valence-corrected chi connectivity index (χ2v) is 12.3. The van der Waals surface area contributed by atoms with Crippen LogP contribution in [0.15, 0.2) is 157 Å². The molecule has 1 unspecified atom stereocenters. The quantitative estimate of drug-likeness (QED) is 0.121. The van der Waals surface area contributed by atoms with E-state index in [4.69, 9.17) is 0 Å². The predicted molar refractivity (Wildman–Crippen MR) is 198 cm³/mol. The lowest BCUT2D eigenvalue weighted by atomic mass is 9.78. The average molecular weight is 623 g/mol. The number of rotatable bonds is 9. The van der Waals surface area contributed by atoms with Gasteiger partial charge < -0.3 is 0 Å². The van der Waals surface area contributed by atoms with Crippen LogP contribution in [-0.2, 0) is 4.79 Å². The van der Waals surface area contributed by atoms with E-state index >= 15 is 0 Å². The van der Waals surface area contributed by atoms with E-state index in [1.807, 2.05) is 115 Å². The third kappa shape index (κ3) is 6.77. The van der Waals surface area contributed by atoms with Gasteiger partial charge >= 0.3 is 0 Å². The lowest BCUT2D eigenvalue weighted by Crippen LogP contribution is -2.16. The van der Waals surface area contributed by atoms with Crippen LogP contribution in [-0.4, -0.2) is 17.3 Å². The van der Waals surface area contributed by atoms with Crippen molar-refractivity contribution in [3.8, 4) is 0 Å². The van der Waals surface area contributed by atoms with Crippen molar-refractivity contribution in [3.63, 3.8) is 0 Å². The third-order valence-corrected chi connectivity index (χ3v) is 9.08. The van der Waals surface area contributed by atoms with Crippen LogP contribution >= 0.6 is 0 Å². The summed E-state index contributed by atoms with van der Waals surface area (Å²) >= 11 is 0. The first-order valence-electron chi connectivity index (χ1n) is 16.4. The van der Waals surface area contributed by atoms with Crippen LogP contribution in [0.3, 0.4) is 0 Å². The van der Waals surface area contributed by atoms with Crippen molar-refractivity contribution in [2.45, 2.75) is 19.3 Å². The van der Waals surface area contributed by atoms with Crippen LogP contribution in [0.2, 0.25) is 0 Å². The zero-order valence-corrected chi connectivity index (χ0v) is 26.5. The highest BCUT2D eigenvalue weighted by atomic mass is 16.1. The summed E-state index contributed by atoms with van der Waals surface area (Å²) in [5.41, 5.74) is 5.52. The summed E-state index contributed by atoms with van der Waals surface area (Å²) in [6, 6.07) is 33.1. The van der Waals surface area contributed by atoms with Gasteiger partial charge in [-0.2, -0.15) is 0 Å². The van der Waals surface area contributed by atoms with Crippen LogP contribution in [0.5, 0.6) is 0 Å². The molecule has 2 aliphatic carbocycles. The van der Waals surface area contributed by atoms with E-state index in [-0.39, 0.29) is 17.3 Å². The first-order valence-corrected chi connectivity index (χ1v) is 16.4. The Kier molecular flexibility index (Phi) is 8.84. The summed E-state index contributed by atoms with van der Waals surface area (Å²) in [6.07, 6.45) is 21.4. The fourth-order valence-corrected chi connectivity index (χ4v) is 6.62. The zero-order valence-electron chi connectivity index (χ0n) is 26.5. The normalized spacial score (nSPS) is 16.0. The molecule has 0 amide bonds. The molecule has 48 heavy (non-hydrogen) atoms. The van der Waals surface area contributed by atoms with Crippen molar-refractivity contribution in [1.82, 2.24) is 0 Å². The SMILES string of the molecule is O=C(/C=C/c1cc(/C=C/C(=O)c2ccc3ccccc3c2)cc(/C=C/C(=O)c2cccc3ccccc23)c1)C1=CCCC2CC=CC=C12. The van der Waals surface area contributed by atoms with Gasteiger partial charge in [0.2, 0.25) is 0 Å². The molecule has 0 heterocycles. The smallest absolute Gasteiger partial charge is 0.186 e. The average Bonchev–Trinajstić information content (AvgIpc) is 3.14. The molecule has 232 valence electrons. The Morgan fingerprint density at radius 1 is 0.604 bits per heavy atom. The topological polar surface area (TPSA) is 51.2 Å². The molecule has 0 N–H and O–H groups in total. The lowest BCUT2D eigenvalue weighted by Gasteiger charge is -2.26. The fourth-order valence-electron chi connectivity index (χ4n) is 6.62. The summed E-state index contributed by atoms with van der Waals surface area (Å²) in [4.78, 5) is 40.0. The molecule has 0 bridgehead atoms. The molecule has 5 aromatic carbocycles. The van der Waals surface area contributed by atoms with Gasteiger partial charge in [0.25, 0.3) is 0 Å². The molecule has 3 nitrogen and oxygen atoms in total. The minimum Gasteiger partial charge on any atom is -0.289 e. The minimum atomic E-state index is -0.103. The van der Waals surface area contributed by atoms with Crippen LogP contribution < -0.4 is 0 Å². The summed E-state index contributed by atoms with van der Waals surface area (Å²) < 4.78 is 0. The van der Waals surface area contributed by atoms with Crippen molar-refractivity contribution >= 4 is 57.1 Å². The van der Waals surface area contributed by atoms with Crippen LogP contribution in [0.25, 0.3) is 39.8 Å². The minimum absolute atomic E-state index is 0.0168. The molecule has 2 aliphatic rings. The summed E-state index contributed by atoms with van der Waals surface area (Å²) in [5.74, 6) is 0.183. The maximum atomic E-state index is 13.4. The first kappa shape index (κ1) is 30.7. The van der Waals surface area contributed by atoms with E-state index in [0.717, 1.165) is 68.6 Å². The maximum absolute atomic E-state index is 13.4. The summed E-state index contributed by atoms with van der Waals surface area (Å²) in [6.45, 7) is 0. The zero-order chi connectivity index (χ0) is 32.9. The monoisotopic (exact) mass is 622 g/mol. The molecule has 1 atom stereocenters. The Balaban J connectivity index is 1.19. The Labute approximate surface area is 280 Å². The van der Waals surface area contributed by atoms with Gasteiger partial charge in [-0.15, -0.1) is 0 Å². The van der Waals surface area contributed by atoms with Gasteiger partial charge in [0, 0.05) is 16.7 Å². The Morgan fingerprint density at radius 3 is 2.02 bits per heavy atom. The van der Waals surface area contributed by atoms with E-state index in [9.17, 15) is 14.4 Å². The highest BCUT2D eigenvalue weighted by molar-refractivity contribution is 6.15. The molecule has 5 aromatic rings. The number of benzene rings is 5. The first-order chi connectivity index (χ1) is 23.5. The predicted octanol–water partition coefficient (Wildman–Crippen LogP) is 10.6. The van der Waals surface area contributed by atoms with Gasteiger partial charge in [0.1, 0.15) is 0 Å². The van der Waals surface area contributed by atoms with Gasteiger partial charge in [-0.3, -0.25) is 14.4 Å². The second kappa shape index (κ2) is 13.8. The lowest BCUT2D eigenvalue weighted by molar-refractivity contribution is -0.111. The van der Waals surface area contributed by atoms with Gasteiger partial charge in [-0.1, -0.05) is 121 Å². The number of allylic oxidation sites excluding steroid dienone is 9. The largest absolute Gasteiger partial charge is 0.289 e. The number of carbonyl (C=O) groups is 3. The Hall–Kier alpha value is -5.93. The Morgan fingerprint density at radius 2 is 1.25 bits per heavy atom. The van der Waals surface area contributed by atoms with Crippen molar-refractivity contribution in [2.75, 3.05) is 0 Å². The highest BCUT2D eigenvalue weighted by Gasteiger charge is 2.24. The van der Waals surface area contributed by atoms with E-state index in [1.165, 1.54) is 0 Å². The van der Waals surface area contributed by atoms with Crippen molar-refractivity contribution in [2.24, 2.45) is 5.92 Å². The molecule has 0 saturated carbocycles. The van der Waals surface area contributed by atoms with Crippen LogP contribution in [0, 0.1) is 5.92 Å². The van der Waals surface area contributed by atoms with E-state index in [2.05, 4.69) is 18.2 Å². The molecule has 3 heteroatoms. The van der Waals surface area contributed by atoms with Crippen LogP contribution in [0.4, 0.5) is 0 Å². The van der Waals surface area contributed by atoms with E-state index in [1.54, 1.807) is 30.4 Å². The molecule has 0 saturated heterocycles.